The number of halogens is 1. The summed E-state index contributed by atoms with van der Waals surface area (Å²) in [6.07, 6.45) is 0. The van der Waals surface area contributed by atoms with Gasteiger partial charge < -0.3 is 9.15 Å². The average Bonchev–Trinajstić information content (AvgIpc) is 2.82. The lowest BCUT2D eigenvalue weighted by atomic mass is 10.2. The number of sulfonamides is 1. The molecule has 0 saturated heterocycles. The van der Waals surface area contributed by atoms with E-state index in [1.807, 2.05) is 0 Å². The molecule has 1 N–H and O–H groups in total. The second kappa shape index (κ2) is 5.87. The Labute approximate surface area is 122 Å². The maximum atomic E-state index is 12.2. The Kier molecular flexibility index (Phi) is 4.37. The SMILES string of the molecule is COc1ccc(S(=O)(=O)NCc2ccc(Cl)o2)c(C)c1. The third-order valence-corrected chi connectivity index (χ3v) is 4.50. The van der Waals surface area contributed by atoms with Crippen LogP contribution in [0.15, 0.2) is 39.6 Å². The zero-order chi connectivity index (χ0) is 14.8. The number of hydrogen-bond donors (Lipinski definition) is 1. The maximum Gasteiger partial charge on any atom is 0.241 e. The van der Waals surface area contributed by atoms with E-state index in [4.69, 9.17) is 20.8 Å². The van der Waals surface area contributed by atoms with Gasteiger partial charge in [-0.3, -0.25) is 0 Å². The summed E-state index contributed by atoms with van der Waals surface area (Å²) < 4.78 is 37.0. The molecule has 2 aromatic rings. The van der Waals surface area contributed by atoms with Crippen molar-refractivity contribution in [2.24, 2.45) is 0 Å². The van der Waals surface area contributed by atoms with Crippen LogP contribution in [0, 0.1) is 6.92 Å². The number of methoxy groups -OCH3 is 1. The summed E-state index contributed by atoms with van der Waals surface area (Å²) in [6.45, 7) is 1.75. The largest absolute Gasteiger partial charge is 0.497 e. The average molecular weight is 316 g/mol. The highest BCUT2D eigenvalue weighted by Crippen LogP contribution is 2.21. The summed E-state index contributed by atoms with van der Waals surface area (Å²) >= 11 is 5.63. The first-order chi connectivity index (χ1) is 9.42. The van der Waals surface area contributed by atoms with Gasteiger partial charge in [0.15, 0.2) is 5.22 Å². The van der Waals surface area contributed by atoms with Crippen molar-refractivity contribution in [1.82, 2.24) is 4.72 Å². The van der Waals surface area contributed by atoms with Crippen molar-refractivity contribution in [3.8, 4) is 5.75 Å². The van der Waals surface area contributed by atoms with Crippen LogP contribution < -0.4 is 9.46 Å². The molecule has 0 amide bonds. The van der Waals surface area contributed by atoms with E-state index < -0.39 is 10.0 Å². The molecule has 0 aliphatic heterocycles. The zero-order valence-electron chi connectivity index (χ0n) is 11.0. The fourth-order valence-electron chi connectivity index (χ4n) is 1.74. The van der Waals surface area contributed by atoms with Crippen molar-refractivity contribution in [2.45, 2.75) is 18.4 Å². The molecule has 1 aromatic carbocycles. The summed E-state index contributed by atoms with van der Waals surface area (Å²) in [7, 11) is -2.08. The van der Waals surface area contributed by atoms with E-state index in [9.17, 15) is 8.42 Å². The van der Waals surface area contributed by atoms with Crippen LogP contribution >= 0.6 is 11.6 Å². The van der Waals surface area contributed by atoms with Gasteiger partial charge in [0.1, 0.15) is 11.5 Å². The van der Waals surface area contributed by atoms with Gasteiger partial charge in [-0.2, -0.15) is 0 Å². The van der Waals surface area contributed by atoms with Gasteiger partial charge in [-0.1, -0.05) is 0 Å². The Hall–Kier alpha value is -1.50. The van der Waals surface area contributed by atoms with Gasteiger partial charge >= 0.3 is 0 Å². The smallest absolute Gasteiger partial charge is 0.241 e. The minimum absolute atomic E-state index is 0.0422. The number of benzene rings is 1. The van der Waals surface area contributed by atoms with E-state index in [2.05, 4.69) is 4.72 Å². The highest BCUT2D eigenvalue weighted by molar-refractivity contribution is 7.89. The standard InChI is InChI=1S/C13H14ClNO4S/c1-9-7-10(18-2)3-5-12(9)20(16,17)15-8-11-4-6-13(14)19-11/h3-7,15H,8H2,1-2H3. The van der Waals surface area contributed by atoms with Gasteiger partial charge in [-0.25, -0.2) is 13.1 Å². The minimum atomic E-state index is -3.61. The molecule has 20 heavy (non-hydrogen) atoms. The second-order valence-electron chi connectivity index (χ2n) is 4.16. The lowest BCUT2D eigenvalue weighted by molar-refractivity contribution is 0.414. The van der Waals surface area contributed by atoms with Crippen LogP contribution in [0.2, 0.25) is 5.22 Å². The Morgan fingerprint density at radius 3 is 2.60 bits per heavy atom. The Morgan fingerprint density at radius 2 is 2.05 bits per heavy atom. The zero-order valence-corrected chi connectivity index (χ0v) is 12.6. The lowest BCUT2D eigenvalue weighted by Gasteiger charge is -2.09. The summed E-state index contributed by atoms with van der Waals surface area (Å²) in [4.78, 5) is 0.205. The van der Waals surface area contributed by atoms with Gasteiger partial charge in [0.25, 0.3) is 0 Å². The molecule has 1 heterocycles. The molecule has 5 nitrogen and oxygen atoms in total. The van der Waals surface area contributed by atoms with Crippen molar-refractivity contribution in [3.63, 3.8) is 0 Å². The molecule has 0 aliphatic carbocycles. The fourth-order valence-corrected chi connectivity index (χ4v) is 3.12. The van der Waals surface area contributed by atoms with Crippen LogP contribution in [0.3, 0.4) is 0 Å². The third-order valence-electron chi connectivity index (χ3n) is 2.74. The summed E-state index contributed by atoms with van der Waals surface area (Å²) in [5.74, 6) is 1.06. The Morgan fingerprint density at radius 1 is 1.30 bits per heavy atom. The molecule has 0 aliphatic rings. The first-order valence-electron chi connectivity index (χ1n) is 5.81. The number of nitrogens with one attached hydrogen (secondary N) is 1. The highest BCUT2D eigenvalue weighted by Gasteiger charge is 2.17. The summed E-state index contributed by atoms with van der Waals surface area (Å²) in [5.41, 5.74) is 0.606. The number of aryl methyl sites for hydroxylation is 1. The Balaban J connectivity index is 2.18. The molecular formula is C13H14ClNO4S. The third kappa shape index (κ3) is 3.33. The number of ether oxygens (including phenoxy) is 1. The van der Waals surface area contributed by atoms with Gasteiger partial charge in [-0.05, 0) is 54.4 Å². The van der Waals surface area contributed by atoms with Gasteiger partial charge in [0.2, 0.25) is 10.0 Å². The molecule has 0 radical (unpaired) electrons. The molecule has 0 bridgehead atoms. The lowest BCUT2D eigenvalue weighted by Crippen LogP contribution is -2.23. The van der Waals surface area contributed by atoms with Crippen molar-refractivity contribution in [1.29, 1.82) is 0 Å². The summed E-state index contributed by atoms with van der Waals surface area (Å²) in [5, 5.41) is 0.222. The quantitative estimate of drug-likeness (QED) is 0.921. The highest BCUT2D eigenvalue weighted by atomic mass is 35.5. The van der Waals surface area contributed by atoms with Crippen molar-refractivity contribution in [3.05, 3.63) is 46.9 Å². The number of hydrogen-bond acceptors (Lipinski definition) is 4. The molecule has 0 saturated carbocycles. The number of rotatable bonds is 5. The first kappa shape index (κ1) is 14.9. The minimum Gasteiger partial charge on any atom is -0.497 e. The second-order valence-corrected chi connectivity index (χ2v) is 6.27. The molecule has 0 atom stereocenters. The molecule has 0 fully saturated rings. The van der Waals surface area contributed by atoms with Crippen LogP contribution in [0.25, 0.3) is 0 Å². The Bertz CT molecular complexity index is 709. The topological polar surface area (TPSA) is 68.5 Å². The van der Waals surface area contributed by atoms with E-state index in [1.165, 1.54) is 13.2 Å². The maximum absolute atomic E-state index is 12.2. The van der Waals surface area contributed by atoms with E-state index in [-0.39, 0.29) is 16.7 Å². The van der Waals surface area contributed by atoms with E-state index >= 15 is 0 Å². The number of furan rings is 1. The van der Waals surface area contributed by atoms with Crippen molar-refractivity contribution >= 4 is 21.6 Å². The molecule has 1 aromatic heterocycles. The summed E-state index contributed by atoms with van der Waals surface area (Å²) in [6, 6.07) is 7.95. The van der Waals surface area contributed by atoms with E-state index in [0.717, 1.165) is 0 Å². The van der Waals surface area contributed by atoms with E-state index in [0.29, 0.717) is 17.1 Å². The van der Waals surface area contributed by atoms with Crippen LogP contribution in [0.4, 0.5) is 0 Å². The van der Waals surface area contributed by atoms with Gasteiger partial charge in [-0.15, -0.1) is 0 Å². The van der Waals surface area contributed by atoms with Gasteiger partial charge in [0, 0.05) is 0 Å². The van der Waals surface area contributed by atoms with Crippen molar-refractivity contribution in [2.75, 3.05) is 7.11 Å². The van der Waals surface area contributed by atoms with Crippen LogP contribution in [-0.2, 0) is 16.6 Å². The normalized spacial score (nSPS) is 11.6. The predicted molar refractivity (Wildman–Crippen MR) is 75.5 cm³/mol. The molecule has 108 valence electrons. The van der Waals surface area contributed by atoms with Gasteiger partial charge in [0.05, 0.1) is 18.6 Å². The monoisotopic (exact) mass is 315 g/mol. The van der Waals surface area contributed by atoms with Crippen LogP contribution in [0.5, 0.6) is 5.75 Å². The van der Waals surface area contributed by atoms with E-state index in [1.54, 1.807) is 31.2 Å². The predicted octanol–water partition coefficient (Wildman–Crippen LogP) is 2.73. The van der Waals surface area contributed by atoms with Crippen LogP contribution in [0.1, 0.15) is 11.3 Å². The molecule has 7 heteroatoms. The van der Waals surface area contributed by atoms with Crippen LogP contribution in [-0.4, -0.2) is 15.5 Å². The molecule has 0 unspecified atom stereocenters. The molecule has 2 rings (SSSR count). The first-order valence-corrected chi connectivity index (χ1v) is 7.67. The van der Waals surface area contributed by atoms with Crippen molar-refractivity contribution < 1.29 is 17.6 Å². The fraction of sp³-hybridized carbons (Fsp3) is 0.231. The molecular weight excluding hydrogens is 302 g/mol. The molecule has 0 spiro atoms.